The molecule has 2 aromatic rings. The number of hydrogen-bond acceptors (Lipinski definition) is 0. The molecule has 196 valence electrons. The van der Waals surface area contributed by atoms with E-state index in [2.05, 4.69) is 136 Å². The molecule has 4 aliphatic carbocycles. The van der Waals surface area contributed by atoms with Crippen LogP contribution >= 0.6 is 0 Å². The third kappa shape index (κ3) is 4.18. The van der Waals surface area contributed by atoms with E-state index in [4.69, 9.17) is 0 Å². The lowest BCUT2D eigenvalue weighted by Gasteiger charge is -2.48. The van der Waals surface area contributed by atoms with E-state index in [1.807, 2.05) is 0 Å². The molecule has 6 atom stereocenters. The summed E-state index contributed by atoms with van der Waals surface area (Å²) < 4.78 is 0. The first-order chi connectivity index (χ1) is 18.6. The Morgan fingerprint density at radius 2 is 1.24 bits per heavy atom. The summed E-state index contributed by atoms with van der Waals surface area (Å²) in [4.78, 5) is 0. The molecule has 0 heterocycles. The van der Waals surface area contributed by atoms with Gasteiger partial charge < -0.3 is 0 Å². The molecular weight excluding hydrogens is 472 g/mol. The molecule has 4 aliphatic rings. The molecule has 1 heteroatoms. The fourth-order valence-corrected chi connectivity index (χ4v) is 16.4. The van der Waals surface area contributed by atoms with Crippen molar-refractivity contribution >= 4 is 18.4 Å². The zero-order valence-corrected chi connectivity index (χ0v) is 24.3. The Balaban J connectivity index is 1.54. The van der Waals surface area contributed by atoms with Crippen LogP contribution in [0.15, 0.2) is 122 Å². The van der Waals surface area contributed by atoms with Crippen LogP contribution in [0.1, 0.15) is 46.0 Å². The van der Waals surface area contributed by atoms with Crippen molar-refractivity contribution in [3.63, 3.8) is 0 Å². The Labute approximate surface area is 232 Å². The highest BCUT2D eigenvalue weighted by atomic mass is 28.3. The lowest BCUT2D eigenvalue weighted by Crippen LogP contribution is -2.66. The van der Waals surface area contributed by atoms with E-state index in [1.54, 1.807) is 10.4 Å². The standard InChI is InChI=1S/C37H44Si/c1-4-5-26-37(2,3)28-24-25-31(27-28)38(29-16-8-6-9-17-29,30-18-10-7-11-19-30)36-34-22-14-12-20-32(34)33-21-13-15-23-35(33)36/h4,6-23,28,31-36H,1,5,24-27H2,2-3H3. The lowest BCUT2D eigenvalue weighted by molar-refractivity contribution is 0.200. The third-order valence-corrected chi connectivity index (χ3v) is 17.1. The van der Waals surface area contributed by atoms with Gasteiger partial charge in [-0.05, 0) is 71.8 Å². The van der Waals surface area contributed by atoms with E-state index in [-0.39, 0.29) is 0 Å². The van der Waals surface area contributed by atoms with Gasteiger partial charge in [0.2, 0.25) is 0 Å². The molecule has 0 nitrogen and oxygen atoms in total. The van der Waals surface area contributed by atoms with Gasteiger partial charge in [-0.2, -0.15) is 0 Å². The highest BCUT2D eigenvalue weighted by molar-refractivity contribution is 7.04. The molecule has 0 saturated heterocycles. The molecular formula is C37H44Si. The molecule has 0 bridgehead atoms. The van der Waals surface area contributed by atoms with Crippen molar-refractivity contribution in [3.8, 4) is 0 Å². The Morgan fingerprint density at radius 1 is 0.737 bits per heavy atom. The molecule has 0 amide bonds. The number of allylic oxidation sites excluding steroid dienone is 9. The van der Waals surface area contributed by atoms with Crippen molar-refractivity contribution in [2.45, 2.75) is 57.0 Å². The van der Waals surface area contributed by atoms with Crippen molar-refractivity contribution in [1.29, 1.82) is 0 Å². The quantitative estimate of drug-likeness (QED) is 0.244. The molecule has 38 heavy (non-hydrogen) atoms. The van der Waals surface area contributed by atoms with Gasteiger partial charge in [0.05, 0.1) is 0 Å². The molecule has 0 N–H and O–H groups in total. The number of benzene rings is 2. The zero-order chi connectivity index (χ0) is 26.2. The summed E-state index contributed by atoms with van der Waals surface area (Å²) in [5, 5.41) is 3.33. The summed E-state index contributed by atoms with van der Waals surface area (Å²) in [5.41, 5.74) is 1.77. The van der Waals surface area contributed by atoms with Gasteiger partial charge >= 0.3 is 0 Å². The van der Waals surface area contributed by atoms with Gasteiger partial charge in [0, 0.05) is 0 Å². The Bertz CT molecular complexity index is 1160. The maximum atomic E-state index is 4.04. The van der Waals surface area contributed by atoms with Gasteiger partial charge in [-0.15, -0.1) is 6.58 Å². The van der Waals surface area contributed by atoms with Gasteiger partial charge in [0.15, 0.2) is 0 Å². The highest BCUT2D eigenvalue weighted by Crippen LogP contribution is 2.62. The molecule has 6 rings (SSSR count). The smallest absolute Gasteiger partial charge is 0.103 e. The van der Waals surface area contributed by atoms with Crippen LogP contribution in [0.3, 0.4) is 0 Å². The van der Waals surface area contributed by atoms with Crippen LogP contribution in [0.5, 0.6) is 0 Å². The molecule has 0 spiro atoms. The molecule has 2 aromatic carbocycles. The van der Waals surface area contributed by atoms with Crippen molar-refractivity contribution in [2.75, 3.05) is 0 Å². The molecule has 0 radical (unpaired) electrons. The maximum absolute atomic E-state index is 4.04. The Hall–Kier alpha value is -2.64. The summed E-state index contributed by atoms with van der Waals surface area (Å²) in [6.45, 7) is 9.10. The monoisotopic (exact) mass is 516 g/mol. The summed E-state index contributed by atoms with van der Waals surface area (Å²) in [5.74, 6) is 3.20. The van der Waals surface area contributed by atoms with E-state index < -0.39 is 8.07 Å². The lowest BCUT2D eigenvalue weighted by atomic mass is 9.74. The predicted molar refractivity (Wildman–Crippen MR) is 166 cm³/mol. The number of rotatable bonds is 8. The molecule has 0 aromatic heterocycles. The van der Waals surface area contributed by atoms with Crippen molar-refractivity contribution in [2.24, 2.45) is 35.0 Å². The summed E-state index contributed by atoms with van der Waals surface area (Å²) >= 11 is 0. The normalized spacial score (nSPS) is 31.8. The average Bonchev–Trinajstić information content (AvgIpc) is 3.59. The Morgan fingerprint density at radius 3 is 1.74 bits per heavy atom. The van der Waals surface area contributed by atoms with E-state index in [9.17, 15) is 0 Å². The van der Waals surface area contributed by atoms with E-state index in [0.717, 1.165) is 17.9 Å². The van der Waals surface area contributed by atoms with Crippen molar-refractivity contribution in [3.05, 3.63) is 122 Å². The van der Waals surface area contributed by atoms with E-state index in [0.29, 0.717) is 34.6 Å². The van der Waals surface area contributed by atoms with Gasteiger partial charge in [-0.25, -0.2) is 0 Å². The second-order valence-corrected chi connectivity index (χ2v) is 17.4. The largest absolute Gasteiger partial charge is 0.125 e. The van der Waals surface area contributed by atoms with Crippen molar-refractivity contribution < 1.29 is 0 Å². The fourth-order valence-electron chi connectivity index (χ4n) is 9.14. The minimum Gasteiger partial charge on any atom is -0.103 e. The van der Waals surface area contributed by atoms with E-state index in [1.165, 1.54) is 25.7 Å². The van der Waals surface area contributed by atoms with Crippen LogP contribution < -0.4 is 10.4 Å². The fraction of sp³-hybridized carbons (Fsp3) is 0.405. The van der Waals surface area contributed by atoms with Gasteiger partial charge in [0.25, 0.3) is 0 Å². The second-order valence-electron chi connectivity index (χ2n) is 13.0. The van der Waals surface area contributed by atoms with Crippen molar-refractivity contribution in [1.82, 2.24) is 0 Å². The van der Waals surface area contributed by atoms with E-state index >= 15 is 0 Å². The van der Waals surface area contributed by atoms with Gasteiger partial charge in [-0.1, -0.05) is 146 Å². The topological polar surface area (TPSA) is 0 Å². The first kappa shape index (κ1) is 25.6. The number of hydrogen-bond donors (Lipinski definition) is 0. The van der Waals surface area contributed by atoms with Gasteiger partial charge in [-0.3, -0.25) is 0 Å². The molecule has 2 saturated carbocycles. The first-order valence-electron chi connectivity index (χ1n) is 15.0. The van der Waals surface area contributed by atoms with Crippen LogP contribution in [0, 0.1) is 35.0 Å². The van der Waals surface area contributed by atoms with Crippen LogP contribution in [-0.2, 0) is 0 Å². The molecule has 2 fully saturated rings. The summed E-state index contributed by atoms with van der Waals surface area (Å²) in [6.07, 6.45) is 28.2. The summed E-state index contributed by atoms with van der Waals surface area (Å²) in [7, 11) is -2.24. The minimum absolute atomic E-state index is 0.359. The SMILES string of the molecule is C=CCCC(C)(C)C1CCC([Si](c2ccccc2)(c2ccccc2)C2C3C=CC=CC3C3C=CC=CC32)C1. The second kappa shape index (κ2) is 10.5. The Kier molecular flexibility index (Phi) is 7.08. The van der Waals surface area contributed by atoms with Gasteiger partial charge in [0.1, 0.15) is 8.07 Å². The molecule has 6 unspecified atom stereocenters. The average molecular weight is 517 g/mol. The molecule has 0 aliphatic heterocycles. The zero-order valence-electron chi connectivity index (χ0n) is 23.3. The first-order valence-corrected chi connectivity index (χ1v) is 17.1. The minimum atomic E-state index is -2.24. The van der Waals surface area contributed by atoms with Crippen LogP contribution in [0.4, 0.5) is 0 Å². The maximum Gasteiger partial charge on any atom is 0.125 e. The highest BCUT2D eigenvalue weighted by Gasteiger charge is 2.62. The van der Waals surface area contributed by atoms with Crippen LogP contribution in [-0.4, -0.2) is 8.07 Å². The van der Waals surface area contributed by atoms with Crippen LogP contribution in [0.2, 0.25) is 11.1 Å². The summed E-state index contributed by atoms with van der Waals surface area (Å²) in [6, 6.07) is 23.8. The predicted octanol–water partition coefficient (Wildman–Crippen LogP) is 8.51. The number of fused-ring (bicyclic) bond motifs is 3. The van der Waals surface area contributed by atoms with Crippen LogP contribution in [0.25, 0.3) is 0 Å². The third-order valence-electron chi connectivity index (χ3n) is 10.9.